The van der Waals surface area contributed by atoms with Crippen molar-refractivity contribution in [3.8, 4) is 5.75 Å². The van der Waals surface area contributed by atoms with Gasteiger partial charge in [-0.3, -0.25) is 4.79 Å². The molecule has 4 nitrogen and oxygen atoms in total. The van der Waals surface area contributed by atoms with Crippen molar-refractivity contribution in [2.75, 3.05) is 0 Å². The molecule has 0 fully saturated rings. The molecular weight excluding hydrogens is 208 g/mol. The van der Waals surface area contributed by atoms with Crippen LogP contribution in [0.5, 0.6) is 5.75 Å². The van der Waals surface area contributed by atoms with E-state index in [2.05, 4.69) is 0 Å². The first-order valence-electron chi connectivity index (χ1n) is 5.25. The molecular formula is C12H14O4. The van der Waals surface area contributed by atoms with Crippen LogP contribution in [0.25, 0.3) is 0 Å². The highest BCUT2D eigenvalue weighted by Crippen LogP contribution is 2.35. The number of hydrogen-bond donors (Lipinski definition) is 2. The van der Waals surface area contributed by atoms with Crippen molar-refractivity contribution in [2.45, 2.75) is 25.6 Å². The number of hydrogen-bond acceptors (Lipinski definition) is 3. The molecule has 1 heterocycles. The molecule has 2 unspecified atom stereocenters. The topological polar surface area (TPSA) is 66.8 Å². The molecule has 0 saturated heterocycles. The van der Waals surface area contributed by atoms with Crippen LogP contribution in [-0.4, -0.2) is 22.0 Å². The van der Waals surface area contributed by atoms with Gasteiger partial charge in [0.15, 0.2) is 0 Å². The van der Waals surface area contributed by atoms with Crippen LogP contribution in [0.4, 0.5) is 0 Å². The number of rotatable bonds is 2. The van der Waals surface area contributed by atoms with E-state index in [-0.39, 0.29) is 0 Å². The monoisotopic (exact) mass is 222 g/mol. The number of carbonyl (C=O) groups is 1. The maximum atomic E-state index is 10.9. The number of carboxylic acids is 1. The van der Waals surface area contributed by atoms with Crippen LogP contribution in [0.2, 0.25) is 0 Å². The summed E-state index contributed by atoms with van der Waals surface area (Å²) in [6, 6.07) is 7.36. The minimum atomic E-state index is -1.60. The van der Waals surface area contributed by atoms with Gasteiger partial charge >= 0.3 is 5.97 Å². The summed E-state index contributed by atoms with van der Waals surface area (Å²) in [5, 5.41) is 19.1. The second-order valence-electron chi connectivity index (χ2n) is 4.11. The molecule has 86 valence electrons. The van der Waals surface area contributed by atoms with Crippen molar-refractivity contribution in [1.82, 2.24) is 0 Å². The fourth-order valence-corrected chi connectivity index (χ4v) is 1.86. The van der Waals surface area contributed by atoms with Gasteiger partial charge in [-0.1, -0.05) is 18.2 Å². The van der Waals surface area contributed by atoms with Crippen molar-refractivity contribution in [2.24, 2.45) is 5.92 Å². The van der Waals surface area contributed by atoms with Gasteiger partial charge in [0.25, 0.3) is 0 Å². The maximum Gasteiger partial charge on any atom is 0.312 e. The van der Waals surface area contributed by atoms with Gasteiger partial charge in [-0.2, -0.15) is 0 Å². The first-order valence-corrected chi connectivity index (χ1v) is 5.25. The Hall–Kier alpha value is -1.55. The molecule has 0 amide bonds. The Morgan fingerprint density at radius 2 is 2.19 bits per heavy atom. The van der Waals surface area contributed by atoms with Gasteiger partial charge in [0.05, 0.1) is 0 Å². The number of aliphatic carboxylic acids is 1. The predicted octanol–water partition coefficient (Wildman–Crippen LogP) is 1.42. The number of carboxylic acid groups (broad SMARTS) is 1. The molecule has 4 heteroatoms. The third-order valence-corrected chi connectivity index (χ3v) is 3.06. The summed E-state index contributed by atoms with van der Waals surface area (Å²) >= 11 is 0. The first kappa shape index (κ1) is 11.0. The number of para-hydroxylation sites is 1. The van der Waals surface area contributed by atoms with Crippen molar-refractivity contribution in [3.63, 3.8) is 0 Å². The molecule has 2 rings (SSSR count). The Labute approximate surface area is 93.5 Å². The Morgan fingerprint density at radius 3 is 2.88 bits per heavy atom. The molecule has 2 atom stereocenters. The third-order valence-electron chi connectivity index (χ3n) is 3.06. The number of ether oxygens (including phenoxy) is 1. The summed E-state index contributed by atoms with van der Waals surface area (Å²) in [7, 11) is 0. The fourth-order valence-electron chi connectivity index (χ4n) is 1.86. The van der Waals surface area contributed by atoms with E-state index in [1.54, 1.807) is 12.1 Å². The van der Waals surface area contributed by atoms with Crippen LogP contribution in [-0.2, 0) is 11.2 Å². The molecule has 0 saturated carbocycles. The zero-order chi connectivity index (χ0) is 11.8. The van der Waals surface area contributed by atoms with E-state index in [9.17, 15) is 9.90 Å². The van der Waals surface area contributed by atoms with Crippen LogP contribution in [0.1, 0.15) is 18.9 Å². The number of benzene rings is 1. The molecule has 0 aromatic heterocycles. The minimum Gasteiger partial charge on any atom is -0.481 e. The normalized spacial score (nSPS) is 25.4. The molecule has 0 spiro atoms. The molecule has 1 aliphatic rings. The SMILES string of the molecule is CC(C(=O)O)C1(O)CCc2ccccc2O1. The van der Waals surface area contributed by atoms with Gasteiger partial charge in [0.2, 0.25) is 5.79 Å². The zero-order valence-corrected chi connectivity index (χ0v) is 9.01. The highest BCUT2D eigenvalue weighted by Gasteiger charge is 2.43. The highest BCUT2D eigenvalue weighted by molar-refractivity contribution is 5.71. The van der Waals surface area contributed by atoms with Gasteiger partial charge in [-0.25, -0.2) is 0 Å². The highest BCUT2D eigenvalue weighted by atomic mass is 16.6. The standard InChI is InChI=1S/C12H14O4/c1-8(11(13)14)12(15)7-6-9-4-2-3-5-10(9)16-12/h2-5,8,15H,6-7H2,1H3,(H,13,14). The van der Waals surface area contributed by atoms with E-state index in [4.69, 9.17) is 9.84 Å². The Kier molecular flexibility index (Phi) is 2.59. The second-order valence-corrected chi connectivity index (χ2v) is 4.11. The van der Waals surface area contributed by atoms with E-state index >= 15 is 0 Å². The van der Waals surface area contributed by atoms with E-state index < -0.39 is 17.7 Å². The average molecular weight is 222 g/mol. The summed E-state index contributed by atoms with van der Waals surface area (Å²) in [6.07, 6.45) is 0.932. The third kappa shape index (κ3) is 1.76. The lowest BCUT2D eigenvalue weighted by Gasteiger charge is -2.36. The number of fused-ring (bicyclic) bond motifs is 1. The molecule has 1 aliphatic heterocycles. The minimum absolute atomic E-state index is 0.303. The van der Waals surface area contributed by atoms with Crippen LogP contribution >= 0.6 is 0 Å². The predicted molar refractivity (Wildman–Crippen MR) is 57.1 cm³/mol. The molecule has 2 N–H and O–H groups in total. The van der Waals surface area contributed by atoms with Gasteiger partial charge in [0.1, 0.15) is 11.7 Å². The fraction of sp³-hybridized carbons (Fsp3) is 0.417. The van der Waals surface area contributed by atoms with Gasteiger partial charge in [-0.05, 0) is 25.0 Å². The molecule has 16 heavy (non-hydrogen) atoms. The van der Waals surface area contributed by atoms with Crippen molar-refractivity contribution in [1.29, 1.82) is 0 Å². The van der Waals surface area contributed by atoms with Crippen LogP contribution in [0, 0.1) is 5.92 Å². The molecule has 0 aliphatic carbocycles. The summed E-state index contributed by atoms with van der Waals surface area (Å²) in [5.74, 6) is -3.02. The smallest absolute Gasteiger partial charge is 0.312 e. The van der Waals surface area contributed by atoms with Crippen LogP contribution < -0.4 is 4.74 Å². The Balaban J connectivity index is 2.27. The van der Waals surface area contributed by atoms with E-state index in [1.165, 1.54) is 6.92 Å². The van der Waals surface area contributed by atoms with E-state index in [0.717, 1.165) is 5.56 Å². The lowest BCUT2D eigenvalue weighted by molar-refractivity contribution is -0.198. The van der Waals surface area contributed by atoms with Crippen molar-refractivity contribution in [3.05, 3.63) is 29.8 Å². The number of aliphatic hydroxyl groups is 1. The van der Waals surface area contributed by atoms with Crippen molar-refractivity contribution < 1.29 is 19.7 Å². The molecule has 0 radical (unpaired) electrons. The van der Waals surface area contributed by atoms with Gasteiger partial charge < -0.3 is 14.9 Å². The van der Waals surface area contributed by atoms with Crippen molar-refractivity contribution >= 4 is 5.97 Å². The summed E-state index contributed by atoms with van der Waals surface area (Å²) in [4.78, 5) is 10.9. The second kappa shape index (κ2) is 3.79. The van der Waals surface area contributed by atoms with Crippen LogP contribution in [0.15, 0.2) is 24.3 Å². The lowest BCUT2D eigenvalue weighted by Crippen LogP contribution is -2.48. The molecule has 1 aromatic rings. The summed E-state index contributed by atoms with van der Waals surface area (Å²) in [6.45, 7) is 1.45. The first-order chi connectivity index (χ1) is 7.53. The summed E-state index contributed by atoms with van der Waals surface area (Å²) < 4.78 is 5.42. The maximum absolute atomic E-state index is 10.9. The molecule has 0 bridgehead atoms. The van der Waals surface area contributed by atoms with Crippen LogP contribution in [0.3, 0.4) is 0 Å². The largest absolute Gasteiger partial charge is 0.481 e. The van der Waals surface area contributed by atoms with Gasteiger partial charge in [0, 0.05) is 6.42 Å². The Morgan fingerprint density at radius 1 is 1.50 bits per heavy atom. The van der Waals surface area contributed by atoms with Gasteiger partial charge in [-0.15, -0.1) is 0 Å². The zero-order valence-electron chi connectivity index (χ0n) is 9.01. The Bertz CT molecular complexity index is 415. The average Bonchev–Trinajstić information content (AvgIpc) is 2.27. The van der Waals surface area contributed by atoms with E-state index in [1.807, 2.05) is 12.1 Å². The summed E-state index contributed by atoms with van der Waals surface area (Å²) in [5.41, 5.74) is 1.00. The molecule has 1 aromatic carbocycles. The number of aryl methyl sites for hydroxylation is 1. The van der Waals surface area contributed by atoms with E-state index in [0.29, 0.717) is 18.6 Å². The quantitative estimate of drug-likeness (QED) is 0.794. The lowest BCUT2D eigenvalue weighted by atomic mass is 9.91.